The predicted molar refractivity (Wildman–Crippen MR) is 75.7 cm³/mol. The number of piperidine rings is 1. The van der Waals surface area contributed by atoms with Crippen LogP contribution in [0.1, 0.15) is 38.5 Å². The zero-order chi connectivity index (χ0) is 14.2. The van der Waals surface area contributed by atoms with Crippen LogP contribution in [0, 0.1) is 0 Å². The van der Waals surface area contributed by atoms with Gasteiger partial charge in [0.1, 0.15) is 0 Å². The second-order valence-electron chi connectivity index (χ2n) is 6.09. The summed E-state index contributed by atoms with van der Waals surface area (Å²) in [6.45, 7) is 2.87. The predicted octanol–water partition coefficient (Wildman–Crippen LogP) is -0.189. The van der Waals surface area contributed by atoms with E-state index >= 15 is 0 Å². The molecule has 7 heteroatoms. The summed E-state index contributed by atoms with van der Waals surface area (Å²) in [5.74, 6) is -0.312. The van der Waals surface area contributed by atoms with Crippen LogP contribution in [-0.2, 0) is 14.8 Å². The molecule has 1 unspecified atom stereocenters. The van der Waals surface area contributed by atoms with Crippen molar-refractivity contribution in [2.24, 2.45) is 0 Å². The first-order valence-corrected chi connectivity index (χ1v) is 9.14. The largest absolute Gasteiger partial charge is 0.317 e. The van der Waals surface area contributed by atoms with Gasteiger partial charge in [-0.3, -0.25) is 14.4 Å². The number of likely N-dealkylation sites (tertiary alicyclic amines) is 1. The molecular weight excluding hydrogens is 278 g/mol. The summed E-state index contributed by atoms with van der Waals surface area (Å²) in [7, 11) is -3.42. The van der Waals surface area contributed by atoms with E-state index in [1.54, 1.807) is 0 Å². The van der Waals surface area contributed by atoms with E-state index in [0.29, 0.717) is 18.9 Å². The quantitative estimate of drug-likeness (QED) is 0.752. The Labute approximate surface area is 120 Å². The molecular formula is C13H23N3O3S. The molecule has 6 nitrogen and oxygen atoms in total. The van der Waals surface area contributed by atoms with E-state index in [2.05, 4.69) is 14.9 Å². The Morgan fingerprint density at radius 3 is 2.45 bits per heavy atom. The van der Waals surface area contributed by atoms with E-state index in [-0.39, 0.29) is 17.2 Å². The molecule has 0 aromatic heterocycles. The van der Waals surface area contributed by atoms with Crippen LogP contribution in [0.25, 0.3) is 0 Å². The summed E-state index contributed by atoms with van der Waals surface area (Å²) >= 11 is 0. The number of nitrogens with zero attached hydrogens (tertiary/aromatic N) is 1. The van der Waals surface area contributed by atoms with Gasteiger partial charge in [-0.15, -0.1) is 0 Å². The van der Waals surface area contributed by atoms with Gasteiger partial charge in [0.05, 0.1) is 11.3 Å². The Kier molecular flexibility index (Phi) is 4.01. The number of sulfonamides is 1. The molecule has 3 fully saturated rings. The van der Waals surface area contributed by atoms with Gasteiger partial charge in [-0.05, 0) is 58.2 Å². The molecule has 0 aromatic rings. The lowest BCUT2D eigenvalue weighted by atomic mass is 10.0. The molecule has 0 aromatic carbocycles. The SMILES string of the molecule is O=C(NS(=O)(=O)C1CC1)C1CCCN1C1CCNCC1. The van der Waals surface area contributed by atoms with Crippen molar-refractivity contribution in [3.63, 3.8) is 0 Å². The summed E-state index contributed by atoms with van der Waals surface area (Å²) in [5, 5.41) is 2.99. The monoisotopic (exact) mass is 301 g/mol. The van der Waals surface area contributed by atoms with Crippen molar-refractivity contribution in [3.05, 3.63) is 0 Å². The molecule has 1 amide bonds. The summed E-state index contributed by atoms with van der Waals surface area (Å²) in [4.78, 5) is 14.5. The first-order valence-electron chi connectivity index (χ1n) is 7.60. The van der Waals surface area contributed by atoms with Crippen molar-refractivity contribution in [1.82, 2.24) is 14.9 Å². The first kappa shape index (κ1) is 14.3. The van der Waals surface area contributed by atoms with Crippen molar-refractivity contribution < 1.29 is 13.2 Å². The van der Waals surface area contributed by atoms with Crippen molar-refractivity contribution in [2.45, 2.75) is 55.9 Å². The molecule has 3 rings (SSSR count). The number of hydrogen-bond donors (Lipinski definition) is 2. The number of carbonyl (C=O) groups excluding carboxylic acids is 1. The highest BCUT2D eigenvalue weighted by molar-refractivity contribution is 7.90. The molecule has 3 aliphatic rings. The molecule has 2 aliphatic heterocycles. The molecule has 1 atom stereocenters. The summed E-state index contributed by atoms with van der Waals surface area (Å²) in [5.41, 5.74) is 0. The molecule has 20 heavy (non-hydrogen) atoms. The van der Waals surface area contributed by atoms with Crippen molar-refractivity contribution in [1.29, 1.82) is 0 Å². The number of carbonyl (C=O) groups is 1. The Balaban J connectivity index is 1.63. The first-order chi connectivity index (χ1) is 9.58. The van der Waals surface area contributed by atoms with E-state index in [0.717, 1.165) is 45.3 Å². The molecule has 2 saturated heterocycles. The molecule has 0 spiro atoms. The lowest BCUT2D eigenvalue weighted by Gasteiger charge is -2.35. The van der Waals surface area contributed by atoms with Crippen molar-refractivity contribution >= 4 is 15.9 Å². The number of nitrogens with one attached hydrogen (secondary N) is 2. The Hall–Kier alpha value is -0.660. The van der Waals surface area contributed by atoms with E-state index in [4.69, 9.17) is 0 Å². The molecule has 0 radical (unpaired) electrons. The molecule has 1 aliphatic carbocycles. The Morgan fingerprint density at radius 1 is 1.10 bits per heavy atom. The minimum absolute atomic E-state index is 0.258. The third-order valence-corrected chi connectivity index (χ3v) is 6.42. The average molecular weight is 301 g/mol. The van der Waals surface area contributed by atoms with Gasteiger partial charge < -0.3 is 5.32 Å². The zero-order valence-electron chi connectivity index (χ0n) is 11.7. The lowest BCUT2D eigenvalue weighted by Crippen LogP contribution is -2.51. The van der Waals surface area contributed by atoms with Crippen LogP contribution in [0.3, 0.4) is 0 Å². The fourth-order valence-electron chi connectivity index (χ4n) is 3.32. The van der Waals surface area contributed by atoms with Gasteiger partial charge in [0.25, 0.3) is 5.91 Å². The maximum Gasteiger partial charge on any atom is 0.250 e. The highest BCUT2D eigenvalue weighted by atomic mass is 32.2. The van der Waals surface area contributed by atoms with Gasteiger partial charge in [-0.25, -0.2) is 8.42 Å². The van der Waals surface area contributed by atoms with Crippen LogP contribution < -0.4 is 10.0 Å². The summed E-state index contributed by atoms with van der Waals surface area (Å²) in [6, 6.07) is 0.157. The average Bonchev–Trinajstić information content (AvgIpc) is 3.18. The van der Waals surface area contributed by atoms with Gasteiger partial charge in [-0.1, -0.05) is 0 Å². The van der Waals surface area contributed by atoms with Gasteiger partial charge in [0, 0.05) is 6.04 Å². The van der Waals surface area contributed by atoms with E-state index in [9.17, 15) is 13.2 Å². The maximum absolute atomic E-state index is 12.3. The van der Waals surface area contributed by atoms with Crippen LogP contribution in [-0.4, -0.2) is 56.2 Å². The fourth-order valence-corrected chi connectivity index (χ4v) is 4.66. The standard InChI is InChI=1S/C13H23N3O3S/c17-13(15-20(18,19)11-3-4-11)12-2-1-9-16(12)10-5-7-14-8-6-10/h10-12,14H,1-9H2,(H,15,17). The topological polar surface area (TPSA) is 78.5 Å². The fraction of sp³-hybridized carbons (Fsp3) is 0.923. The number of hydrogen-bond acceptors (Lipinski definition) is 5. The van der Waals surface area contributed by atoms with Crippen LogP contribution in [0.15, 0.2) is 0 Å². The Bertz CT molecular complexity index is 469. The molecule has 1 saturated carbocycles. The smallest absolute Gasteiger partial charge is 0.250 e. The van der Waals surface area contributed by atoms with Crippen LogP contribution in [0.2, 0.25) is 0 Å². The highest BCUT2D eigenvalue weighted by Gasteiger charge is 2.41. The number of rotatable bonds is 4. The molecule has 114 valence electrons. The third kappa shape index (κ3) is 2.99. The van der Waals surface area contributed by atoms with Gasteiger partial charge in [0.2, 0.25) is 10.0 Å². The molecule has 2 N–H and O–H groups in total. The van der Waals surface area contributed by atoms with Crippen LogP contribution in [0.4, 0.5) is 0 Å². The third-order valence-electron chi connectivity index (χ3n) is 4.58. The minimum atomic E-state index is -3.42. The van der Waals surface area contributed by atoms with E-state index in [1.807, 2.05) is 0 Å². The summed E-state index contributed by atoms with van der Waals surface area (Å²) in [6.07, 6.45) is 5.20. The maximum atomic E-state index is 12.3. The van der Waals surface area contributed by atoms with E-state index in [1.165, 1.54) is 0 Å². The lowest BCUT2D eigenvalue weighted by molar-refractivity contribution is -0.124. The van der Waals surface area contributed by atoms with Gasteiger partial charge >= 0.3 is 0 Å². The van der Waals surface area contributed by atoms with Gasteiger partial charge in [-0.2, -0.15) is 0 Å². The second kappa shape index (κ2) is 5.61. The number of amides is 1. The molecule has 2 heterocycles. The normalized spacial score (nSPS) is 29.5. The Morgan fingerprint density at radius 2 is 1.80 bits per heavy atom. The summed E-state index contributed by atoms with van der Waals surface area (Å²) < 4.78 is 26.1. The highest BCUT2D eigenvalue weighted by Crippen LogP contribution is 2.29. The van der Waals surface area contributed by atoms with Crippen molar-refractivity contribution in [3.8, 4) is 0 Å². The minimum Gasteiger partial charge on any atom is -0.317 e. The van der Waals surface area contributed by atoms with Gasteiger partial charge in [0.15, 0.2) is 0 Å². The second-order valence-corrected chi connectivity index (χ2v) is 8.05. The van der Waals surface area contributed by atoms with E-state index < -0.39 is 10.0 Å². The van der Waals surface area contributed by atoms with Crippen molar-refractivity contribution in [2.75, 3.05) is 19.6 Å². The van der Waals surface area contributed by atoms with Crippen LogP contribution >= 0.6 is 0 Å². The molecule has 0 bridgehead atoms. The zero-order valence-corrected chi connectivity index (χ0v) is 12.5. The van der Waals surface area contributed by atoms with Crippen LogP contribution in [0.5, 0.6) is 0 Å².